The van der Waals surface area contributed by atoms with Crippen molar-refractivity contribution in [2.45, 2.75) is 33.4 Å². The molecule has 0 saturated carbocycles. The van der Waals surface area contributed by atoms with Crippen molar-refractivity contribution in [2.75, 3.05) is 13.7 Å². The Kier molecular flexibility index (Phi) is 6.19. The van der Waals surface area contributed by atoms with Crippen molar-refractivity contribution in [1.29, 1.82) is 0 Å². The minimum absolute atomic E-state index is 0.218. The van der Waals surface area contributed by atoms with Gasteiger partial charge in [-0.1, -0.05) is 6.92 Å². The maximum atomic E-state index is 12.9. The number of nitrogens with one attached hydrogen (secondary N) is 1. The van der Waals surface area contributed by atoms with Crippen LogP contribution in [0.1, 0.15) is 29.5 Å². The molecule has 1 amide bonds. The van der Waals surface area contributed by atoms with Crippen LogP contribution in [0, 0.1) is 6.92 Å². The molecule has 0 fully saturated rings. The van der Waals surface area contributed by atoms with Crippen molar-refractivity contribution >= 4 is 16.9 Å². The summed E-state index contributed by atoms with van der Waals surface area (Å²) in [5, 5.41) is 3.12. The number of aromatic nitrogens is 4. The van der Waals surface area contributed by atoms with Gasteiger partial charge in [-0.25, -0.2) is 4.79 Å². The van der Waals surface area contributed by atoms with Crippen molar-refractivity contribution < 1.29 is 9.53 Å². The Morgan fingerprint density at radius 2 is 1.74 bits per heavy atom. The van der Waals surface area contributed by atoms with Gasteiger partial charge in [0, 0.05) is 45.5 Å². The molecule has 0 aliphatic carbocycles. The summed E-state index contributed by atoms with van der Waals surface area (Å²) in [6, 6.07) is 4.66. The molecule has 0 bridgehead atoms. The van der Waals surface area contributed by atoms with Gasteiger partial charge in [0.1, 0.15) is 17.1 Å². The average Bonchev–Trinajstić information content (AvgIpc) is 3.12. The number of amides is 1. The Hall–Kier alpha value is -3.56. The molecule has 3 aromatic heterocycles. The number of ether oxygens (including phenoxy) is 1. The highest BCUT2D eigenvalue weighted by Crippen LogP contribution is 2.16. The van der Waals surface area contributed by atoms with E-state index in [-0.39, 0.29) is 24.6 Å². The molecule has 1 N–H and O–H groups in total. The van der Waals surface area contributed by atoms with Gasteiger partial charge < -0.3 is 19.2 Å². The van der Waals surface area contributed by atoms with Crippen LogP contribution >= 0.6 is 0 Å². The third-order valence-electron chi connectivity index (χ3n) is 5.34. The van der Waals surface area contributed by atoms with Crippen LogP contribution in [0.15, 0.2) is 32.6 Å². The lowest BCUT2D eigenvalue weighted by Crippen LogP contribution is -2.37. The first-order chi connectivity index (χ1) is 14.7. The Morgan fingerprint density at radius 3 is 2.35 bits per heavy atom. The zero-order chi connectivity index (χ0) is 22.9. The summed E-state index contributed by atoms with van der Waals surface area (Å²) in [6.07, 6.45) is 0.716. The number of hydrogen-bond donors (Lipinski definition) is 1. The molecular formula is C21H27N5O5. The van der Waals surface area contributed by atoms with Crippen molar-refractivity contribution in [1.82, 2.24) is 23.6 Å². The van der Waals surface area contributed by atoms with Crippen molar-refractivity contribution in [3.05, 3.63) is 60.8 Å². The quantitative estimate of drug-likeness (QED) is 0.583. The molecule has 0 aliphatic heterocycles. The van der Waals surface area contributed by atoms with Crippen molar-refractivity contribution in [3.63, 3.8) is 0 Å². The van der Waals surface area contributed by atoms with Crippen LogP contribution in [-0.4, -0.2) is 37.8 Å². The van der Waals surface area contributed by atoms with Crippen LogP contribution in [0.3, 0.4) is 0 Å². The minimum atomic E-state index is -0.450. The molecular weight excluding hydrogens is 402 g/mol. The number of rotatable bonds is 7. The highest BCUT2D eigenvalue weighted by atomic mass is 16.5. The normalized spacial score (nSPS) is 11.1. The predicted octanol–water partition coefficient (Wildman–Crippen LogP) is 0.357. The largest absolute Gasteiger partial charge is 0.496 e. The van der Waals surface area contributed by atoms with Gasteiger partial charge in [0.15, 0.2) is 0 Å². The van der Waals surface area contributed by atoms with Gasteiger partial charge in [-0.3, -0.25) is 23.5 Å². The molecule has 0 aliphatic rings. The second-order valence-corrected chi connectivity index (χ2v) is 7.41. The summed E-state index contributed by atoms with van der Waals surface area (Å²) in [6.45, 7) is 4.72. The monoisotopic (exact) mass is 429 g/mol. The number of methoxy groups -OCH3 is 1. The molecule has 3 aromatic rings. The second kappa shape index (κ2) is 8.66. The maximum Gasteiger partial charge on any atom is 0.332 e. The Balaban J connectivity index is 1.91. The van der Waals surface area contributed by atoms with Gasteiger partial charge in [0.25, 0.3) is 17.0 Å². The Bertz CT molecular complexity index is 1330. The molecule has 0 saturated heterocycles. The molecule has 0 radical (unpaired) electrons. The lowest BCUT2D eigenvalue weighted by molar-refractivity contribution is 0.0943. The van der Waals surface area contributed by atoms with Crippen LogP contribution < -0.4 is 26.9 Å². The van der Waals surface area contributed by atoms with E-state index in [1.807, 2.05) is 6.92 Å². The number of aryl methyl sites for hydroxylation is 3. The first-order valence-electron chi connectivity index (χ1n) is 10.0. The smallest absolute Gasteiger partial charge is 0.332 e. The summed E-state index contributed by atoms with van der Waals surface area (Å²) in [5.74, 6) is 0.109. The fraction of sp³-hybridized carbons (Fsp3) is 0.429. The zero-order valence-corrected chi connectivity index (χ0v) is 18.4. The minimum Gasteiger partial charge on any atom is -0.496 e. The molecule has 0 atom stereocenters. The van der Waals surface area contributed by atoms with Crippen molar-refractivity contribution in [3.8, 4) is 5.75 Å². The highest BCUT2D eigenvalue weighted by Gasteiger charge is 2.20. The Morgan fingerprint density at radius 1 is 1.03 bits per heavy atom. The van der Waals surface area contributed by atoms with E-state index in [9.17, 15) is 19.2 Å². The number of fused-ring (bicyclic) bond motifs is 1. The molecule has 3 heterocycles. The van der Waals surface area contributed by atoms with E-state index in [2.05, 4.69) is 5.32 Å². The topological polar surface area (TPSA) is 109 Å². The van der Waals surface area contributed by atoms with Gasteiger partial charge in [0.05, 0.1) is 12.5 Å². The predicted molar refractivity (Wildman–Crippen MR) is 117 cm³/mol. The first-order valence-corrected chi connectivity index (χ1v) is 10.0. The molecule has 31 heavy (non-hydrogen) atoms. The summed E-state index contributed by atoms with van der Waals surface area (Å²) in [4.78, 5) is 50.1. The SMILES string of the molecule is CCCn1c(C(=O)NCCn2c(C)cc(OC)cc2=O)cc2c(=O)n(C)c(=O)n(C)c21. The van der Waals surface area contributed by atoms with Gasteiger partial charge in [-0.15, -0.1) is 0 Å². The van der Waals surface area contributed by atoms with Crippen LogP contribution in [-0.2, 0) is 27.2 Å². The second-order valence-electron chi connectivity index (χ2n) is 7.41. The lowest BCUT2D eigenvalue weighted by Gasteiger charge is -2.14. The average molecular weight is 429 g/mol. The molecule has 0 spiro atoms. The first kappa shape index (κ1) is 22.1. The third kappa shape index (κ3) is 3.92. The van der Waals surface area contributed by atoms with Crippen molar-refractivity contribution in [2.24, 2.45) is 14.1 Å². The van der Waals surface area contributed by atoms with Gasteiger partial charge in [-0.05, 0) is 25.5 Å². The Labute approximate surface area is 178 Å². The van der Waals surface area contributed by atoms with E-state index < -0.39 is 11.2 Å². The number of carbonyl (C=O) groups is 1. The zero-order valence-electron chi connectivity index (χ0n) is 18.4. The van der Waals surface area contributed by atoms with Crippen LogP contribution in [0.4, 0.5) is 0 Å². The third-order valence-corrected chi connectivity index (χ3v) is 5.34. The summed E-state index contributed by atoms with van der Waals surface area (Å²) in [5.41, 5.74) is 0.329. The summed E-state index contributed by atoms with van der Waals surface area (Å²) < 4.78 is 10.7. The van der Waals surface area contributed by atoms with E-state index in [1.165, 1.54) is 30.9 Å². The van der Waals surface area contributed by atoms with E-state index in [0.29, 0.717) is 35.4 Å². The van der Waals surface area contributed by atoms with Crippen LogP contribution in [0.5, 0.6) is 5.75 Å². The van der Waals surface area contributed by atoms with Gasteiger partial charge in [0.2, 0.25) is 0 Å². The number of carbonyl (C=O) groups excluding carboxylic acids is 1. The molecule has 0 aromatic carbocycles. The standard InChI is InChI=1S/C21H27N5O5/c1-6-8-26-16(12-15-19(26)23(3)21(30)24(4)20(15)29)18(28)22-7-9-25-13(2)10-14(31-5)11-17(25)27/h10-12H,6-9H2,1-5H3,(H,22,28). The number of pyridine rings is 1. The number of hydrogen-bond acceptors (Lipinski definition) is 5. The maximum absolute atomic E-state index is 12.9. The molecule has 3 rings (SSSR count). The summed E-state index contributed by atoms with van der Waals surface area (Å²) >= 11 is 0. The lowest BCUT2D eigenvalue weighted by atomic mass is 10.3. The van der Waals surface area contributed by atoms with E-state index in [4.69, 9.17) is 4.74 Å². The van der Waals surface area contributed by atoms with E-state index in [0.717, 1.165) is 10.3 Å². The van der Waals surface area contributed by atoms with Crippen LogP contribution in [0.25, 0.3) is 11.0 Å². The molecule has 10 heteroatoms. The van der Waals surface area contributed by atoms with Gasteiger partial charge >= 0.3 is 5.69 Å². The fourth-order valence-corrected chi connectivity index (χ4v) is 3.75. The van der Waals surface area contributed by atoms with Gasteiger partial charge in [-0.2, -0.15) is 0 Å². The van der Waals surface area contributed by atoms with Crippen LogP contribution in [0.2, 0.25) is 0 Å². The molecule has 10 nitrogen and oxygen atoms in total. The summed E-state index contributed by atoms with van der Waals surface area (Å²) in [7, 11) is 4.49. The van der Waals surface area contributed by atoms with E-state index in [1.54, 1.807) is 29.2 Å². The highest BCUT2D eigenvalue weighted by molar-refractivity contribution is 5.97. The fourth-order valence-electron chi connectivity index (χ4n) is 3.75. The number of nitrogens with zero attached hydrogens (tertiary/aromatic N) is 4. The molecule has 166 valence electrons. The molecule has 0 unspecified atom stereocenters. The van der Waals surface area contributed by atoms with E-state index >= 15 is 0 Å².